The first-order valence-corrected chi connectivity index (χ1v) is 2.15. The molecule has 0 bridgehead atoms. The summed E-state index contributed by atoms with van der Waals surface area (Å²) in [6.07, 6.45) is 1.55. The smallest absolute Gasteiger partial charge is 0.330 e. The van der Waals surface area contributed by atoms with E-state index in [2.05, 4.69) is 4.74 Å². The Labute approximate surface area is 91.6 Å². The van der Waals surface area contributed by atoms with E-state index in [-0.39, 0.29) is 41.7 Å². The second-order valence-corrected chi connectivity index (χ2v) is 1.19. The molecule has 54 valence electrons. The molecule has 0 unspecified atom stereocenters. The zero-order valence-electron chi connectivity index (χ0n) is 5.33. The minimum absolute atomic E-state index is 0. The van der Waals surface area contributed by atoms with Gasteiger partial charge in [0, 0.05) is 53.9 Å². The van der Waals surface area contributed by atoms with E-state index >= 15 is 0 Å². The van der Waals surface area contributed by atoms with Gasteiger partial charge < -0.3 is 9.84 Å². The van der Waals surface area contributed by atoms with Gasteiger partial charge in [0.1, 0.15) is 0 Å². The fourth-order valence-electron chi connectivity index (χ4n) is 0.207. The molecule has 0 aliphatic heterocycles. The number of carbonyl (C=O) groups excluding carboxylic acids is 1. The summed E-state index contributed by atoms with van der Waals surface area (Å²) in [6, 6.07) is 0. The molecule has 0 aromatic carbocycles. The summed E-state index contributed by atoms with van der Waals surface area (Å²) in [5, 5.41) is 7.96. The SMILES string of the molecule is COC(=O)/C=C\C(=O)O.[Ce]. The number of carbonyl (C=O) groups is 2. The minimum atomic E-state index is -1.17. The molecule has 5 heteroatoms. The van der Waals surface area contributed by atoms with Crippen molar-refractivity contribution in [1.82, 2.24) is 0 Å². The van der Waals surface area contributed by atoms with Crippen LogP contribution in [0.3, 0.4) is 0 Å². The largest absolute Gasteiger partial charge is 0.478 e. The van der Waals surface area contributed by atoms with Crippen LogP contribution in [0.25, 0.3) is 0 Å². The van der Waals surface area contributed by atoms with E-state index in [1.54, 1.807) is 0 Å². The Morgan fingerprint density at radius 2 is 1.90 bits per heavy atom. The van der Waals surface area contributed by atoms with Crippen molar-refractivity contribution in [2.24, 2.45) is 0 Å². The van der Waals surface area contributed by atoms with Gasteiger partial charge in [-0.05, 0) is 0 Å². The molecule has 0 aromatic heterocycles. The van der Waals surface area contributed by atoms with Crippen LogP contribution in [0.4, 0.5) is 0 Å². The molecule has 0 aromatic rings. The monoisotopic (exact) mass is 270 g/mol. The average Bonchev–Trinajstić information content (AvgIpc) is 1.83. The molecule has 0 fully saturated rings. The average molecular weight is 270 g/mol. The predicted octanol–water partition coefficient (Wildman–Crippen LogP) is -0.200. The number of carboxylic acid groups (broad SMARTS) is 1. The first-order valence-electron chi connectivity index (χ1n) is 2.15. The summed E-state index contributed by atoms with van der Waals surface area (Å²) in [6.45, 7) is 0. The van der Waals surface area contributed by atoms with E-state index in [1.165, 1.54) is 7.11 Å². The van der Waals surface area contributed by atoms with Gasteiger partial charge in [-0.15, -0.1) is 0 Å². The number of rotatable bonds is 2. The van der Waals surface area contributed by atoms with Gasteiger partial charge in [0.15, 0.2) is 0 Å². The van der Waals surface area contributed by atoms with Crippen LogP contribution in [0.2, 0.25) is 0 Å². The topological polar surface area (TPSA) is 63.6 Å². The fraction of sp³-hybridized carbons (Fsp3) is 0.200. The van der Waals surface area contributed by atoms with Crippen molar-refractivity contribution >= 4 is 11.9 Å². The number of hydrogen-bond acceptors (Lipinski definition) is 3. The van der Waals surface area contributed by atoms with Gasteiger partial charge in [0.2, 0.25) is 0 Å². The number of ether oxygens (including phenoxy) is 1. The summed E-state index contributed by atoms with van der Waals surface area (Å²) in [7, 11) is 1.18. The molecule has 0 spiro atoms. The molecule has 1 N–H and O–H groups in total. The molecular formula is C5H6CeO4. The van der Waals surface area contributed by atoms with E-state index < -0.39 is 11.9 Å². The van der Waals surface area contributed by atoms with Gasteiger partial charge in [0.05, 0.1) is 7.11 Å². The van der Waals surface area contributed by atoms with Crippen molar-refractivity contribution in [3.05, 3.63) is 12.2 Å². The standard InChI is InChI=1S/C5H6O4.Ce/c1-9-5(8)3-2-4(6)7;/h2-3H,1H3,(H,6,7);/b3-2-;. The second kappa shape index (κ2) is 7.17. The quantitative estimate of drug-likeness (QED) is 0.557. The van der Waals surface area contributed by atoms with Gasteiger partial charge >= 0.3 is 11.9 Å². The third-order valence-corrected chi connectivity index (χ3v) is 0.563. The number of methoxy groups -OCH3 is 1. The molecule has 0 heterocycles. The van der Waals surface area contributed by atoms with Crippen LogP contribution < -0.4 is 0 Å². The third-order valence-electron chi connectivity index (χ3n) is 0.563. The van der Waals surface area contributed by atoms with Crippen molar-refractivity contribution in [3.8, 4) is 0 Å². The van der Waals surface area contributed by atoms with Gasteiger partial charge in [0.25, 0.3) is 0 Å². The van der Waals surface area contributed by atoms with Crippen LogP contribution in [0.1, 0.15) is 0 Å². The molecule has 0 rings (SSSR count). The van der Waals surface area contributed by atoms with Gasteiger partial charge in [-0.1, -0.05) is 0 Å². The Bertz CT molecular complexity index is 152. The summed E-state index contributed by atoms with van der Waals surface area (Å²) < 4.78 is 4.11. The van der Waals surface area contributed by atoms with E-state index in [4.69, 9.17) is 5.11 Å². The zero-order chi connectivity index (χ0) is 7.28. The summed E-state index contributed by atoms with van der Waals surface area (Å²) in [4.78, 5) is 19.9. The minimum Gasteiger partial charge on any atom is -0.478 e. The van der Waals surface area contributed by atoms with Crippen molar-refractivity contribution in [1.29, 1.82) is 0 Å². The number of aliphatic carboxylic acids is 1. The van der Waals surface area contributed by atoms with Crippen LogP contribution in [0.15, 0.2) is 12.2 Å². The Morgan fingerprint density at radius 1 is 1.40 bits per heavy atom. The Morgan fingerprint density at radius 3 is 2.20 bits per heavy atom. The van der Waals surface area contributed by atoms with Crippen molar-refractivity contribution in [3.63, 3.8) is 0 Å². The first-order chi connectivity index (χ1) is 4.16. The molecule has 0 aliphatic carbocycles. The zero-order valence-corrected chi connectivity index (χ0v) is 8.47. The van der Waals surface area contributed by atoms with Crippen LogP contribution in [0.5, 0.6) is 0 Å². The van der Waals surface area contributed by atoms with E-state index in [0.717, 1.165) is 6.08 Å². The van der Waals surface area contributed by atoms with E-state index in [9.17, 15) is 9.59 Å². The van der Waals surface area contributed by atoms with Crippen LogP contribution in [-0.4, -0.2) is 24.2 Å². The molecule has 0 amide bonds. The molecule has 0 aliphatic rings. The third kappa shape index (κ3) is 8.06. The normalized spacial score (nSPS) is 8.50. The Hall–Kier alpha value is 0.0566. The predicted molar refractivity (Wildman–Crippen MR) is 28.8 cm³/mol. The fourth-order valence-corrected chi connectivity index (χ4v) is 0.207. The van der Waals surface area contributed by atoms with E-state index in [0.29, 0.717) is 6.08 Å². The molecule has 4 nitrogen and oxygen atoms in total. The van der Waals surface area contributed by atoms with Crippen LogP contribution in [-0.2, 0) is 14.3 Å². The van der Waals surface area contributed by atoms with Crippen molar-refractivity contribution < 1.29 is 61.2 Å². The maximum Gasteiger partial charge on any atom is 0.330 e. The first kappa shape index (κ1) is 12.7. The molecular weight excluding hydrogens is 264 g/mol. The molecule has 0 saturated heterocycles. The number of carboxylic acids is 1. The van der Waals surface area contributed by atoms with Crippen molar-refractivity contribution in [2.75, 3.05) is 7.11 Å². The summed E-state index contributed by atoms with van der Waals surface area (Å²) in [5.74, 6) is -1.84. The van der Waals surface area contributed by atoms with Gasteiger partial charge in [-0.3, -0.25) is 0 Å². The van der Waals surface area contributed by atoms with Crippen LogP contribution in [0, 0.1) is 41.7 Å². The Kier molecular flexibility index (Phi) is 9.11. The maximum absolute atomic E-state index is 10.1. The Balaban J connectivity index is 0. The molecule has 0 radical (unpaired) electrons. The van der Waals surface area contributed by atoms with Crippen LogP contribution >= 0.6 is 0 Å². The molecule has 0 atom stereocenters. The molecule has 10 heavy (non-hydrogen) atoms. The van der Waals surface area contributed by atoms with Crippen molar-refractivity contribution in [2.45, 2.75) is 0 Å². The van der Waals surface area contributed by atoms with Gasteiger partial charge in [-0.2, -0.15) is 0 Å². The number of hydrogen-bond donors (Lipinski definition) is 1. The van der Waals surface area contributed by atoms with E-state index in [1.807, 2.05) is 0 Å². The summed E-state index contributed by atoms with van der Waals surface area (Å²) >= 11 is 0. The molecule has 0 saturated carbocycles. The summed E-state index contributed by atoms with van der Waals surface area (Å²) in [5.41, 5.74) is 0. The maximum atomic E-state index is 10.1. The second-order valence-electron chi connectivity index (χ2n) is 1.19. The number of esters is 1. The van der Waals surface area contributed by atoms with Gasteiger partial charge in [-0.25, -0.2) is 9.59 Å².